The molecular weight excluding hydrogens is 280 g/mol. The first-order valence-electron chi connectivity index (χ1n) is 8.23. The summed E-state index contributed by atoms with van der Waals surface area (Å²) in [6.07, 6.45) is 11.6. The number of esters is 2. The van der Waals surface area contributed by atoms with Gasteiger partial charge in [-0.05, 0) is 37.5 Å². The van der Waals surface area contributed by atoms with Crippen LogP contribution in [-0.2, 0) is 19.1 Å². The summed E-state index contributed by atoms with van der Waals surface area (Å²) in [5.74, 6) is 0.141. The van der Waals surface area contributed by atoms with Crippen LogP contribution in [0.15, 0.2) is 24.3 Å². The summed E-state index contributed by atoms with van der Waals surface area (Å²) in [5, 5.41) is 0. The predicted octanol–water partition coefficient (Wildman–Crippen LogP) is 3.28. The van der Waals surface area contributed by atoms with Gasteiger partial charge in [0.1, 0.15) is 13.2 Å². The zero-order valence-electron chi connectivity index (χ0n) is 13.5. The molecule has 0 radical (unpaired) electrons. The number of allylic oxidation sites excluding steroid dienone is 4. The summed E-state index contributed by atoms with van der Waals surface area (Å²) < 4.78 is 10.5. The van der Waals surface area contributed by atoms with E-state index in [-0.39, 0.29) is 37.0 Å². The number of carbonyl (C=O) groups excluding carboxylic acids is 2. The summed E-state index contributed by atoms with van der Waals surface area (Å²) >= 11 is 0. The second-order valence-corrected chi connectivity index (χ2v) is 6.39. The van der Waals surface area contributed by atoms with Gasteiger partial charge in [0.15, 0.2) is 0 Å². The van der Waals surface area contributed by atoms with Crippen molar-refractivity contribution in [1.82, 2.24) is 0 Å². The Morgan fingerprint density at radius 1 is 0.773 bits per heavy atom. The molecule has 0 saturated heterocycles. The zero-order chi connectivity index (χ0) is 15.9. The van der Waals surface area contributed by atoms with Gasteiger partial charge in [0.05, 0.1) is 11.8 Å². The first-order valence-corrected chi connectivity index (χ1v) is 8.23. The Balaban J connectivity index is 1.66. The smallest absolute Gasteiger partial charge is 0.309 e. The van der Waals surface area contributed by atoms with E-state index >= 15 is 0 Å². The molecule has 2 rings (SSSR count). The van der Waals surface area contributed by atoms with E-state index in [1.54, 1.807) is 0 Å². The van der Waals surface area contributed by atoms with E-state index in [1.165, 1.54) is 0 Å². The van der Waals surface area contributed by atoms with Gasteiger partial charge in [-0.3, -0.25) is 9.59 Å². The molecule has 22 heavy (non-hydrogen) atoms. The van der Waals surface area contributed by atoms with Crippen LogP contribution in [0.1, 0.15) is 39.5 Å². The normalized spacial score (nSPS) is 30.8. The molecular formula is C18H26O4. The highest BCUT2D eigenvalue weighted by molar-refractivity contribution is 5.74. The molecule has 4 heteroatoms. The minimum Gasteiger partial charge on any atom is -0.462 e. The Morgan fingerprint density at radius 2 is 1.14 bits per heavy atom. The zero-order valence-corrected chi connectivity index (χ0v) is 13.5. The fourth-order valence-corrected chi connectivity index (χ4v) is 3.06. The highest BCUT2D eigenvalue weighted by atomic mass is 16.6. The summed E-state index contributed by atoms with van der Waals surface area (Å²) in [5.41, 5.74) is 0. The van der Waals surface area contributed by atoms with Crippen LogP contribution in [0, 0.1) is 23.7 Å². The lowest BCUT2D eigenvalue weighted by atomic mass is 9.84. The molecule has 0 bridgehead atoms. The molecule has 2 aliphatic carbocycles. The van der Waals surface area contributed by atoms with Crippen LogP contribution >= 0.6 is 0 Å². The van der Waals surface area contributed by atoms with Crippen molar-refractivity contribution in [2.75, 3.05) is 13.2 Å². The monoisotopic (exact) mass is 306 g/mol. The molecule has 0 heterocycles. The molecule has 0 aromatic heterocycles. The lowest BCUT2D eigenvalue weighted by molar-refractivity contribution is -0.159. The SMILES string of the molecule is C[C@H]1CC=CC[C@H]1C(=O)OCCOC(=O)[C@@H]1CC=CC[C@@H]1C. The molecule has 0 amide bonds. The van der Waals surface area contributed by atoms with Crippen LogP contribution < -0.4 is 0 Å². The van der Waals surface area contributed by atoms with Crippen molar-refractivity contribution in [2.45, 2.75) is 39.5 Å². The van der Waals surface area contributed by atoms with Crippen LogP contribution in [0.25, 0.3) is 0 Å². The van der Waals surface area contributed by atoms with Crippen LogP contribution in [0.2, 0.25) is 0 Å². The van der Waals surface area contributed by atoms with Crippen LogP contribution in [-0.4, -0.2) is 25.2 Å². The summed E-state index contributed by atoms with van der Waals surface area (Å²) in [6.45, 7) is 4.42. The maximum absolute atomic E-state index is 12.0. The minimum absolute atomic E-state index is 0.0656. The van der Waals surface area contributed by atoms with E-state index in [1.807, 2.05) is 12.2 Å². The molecule has 0 aromatic rings. The van der Waals surface area contributed by atoms with E-state index in [9.17, 15) is 9.59 Å². The molecule has 0 N–H and O–H groups in total. The molecule has 0 unspecified atom stereocenters. The highest BCUT2D eigenvalue weighted by Gasteiger charge is 2.28. The predicted molar refractivity (Wildman–Crippen MR) is 84.0 cm³/mol. The average Bonchev–Trinajstić information content (AvgIpc) is 2.52. The quantitative estimate of drug-likeness (QED) is 0.444. The van der Waals surface area contributed by atoms with Gasteiger partial charge in [0.2, 0.25) is 0 Å². The van der Waals surface area contributed by atoms with E-state index in [2.05, 4.69) is 26.0 Å². The first kappa shape index (κ1) is 16.8. The van der Waals surface area contributed by atoms with Crippen LogP contribution in [0.3, 0.4) is 0 Å². The Morgan fingerprint density at radius 3 is 1.50 bits per heavy atom. The third-order valence-electron chi connectivity index (χ3n) is 4.68. The van der Waals surface area contributed by atoms with Crippen molar-refractivity contribution in [2.24, 2.45) is 23.7 Å². The number of carbonyl (C=O) groups is 2. The topological polar surface area (TPSA) is 52.6 Å². The van der Waals surface area contributed by atoms with Crippen LogP contribution in [0.4, 0.5) is 0 Å². The minimum atomic E-state index is -0.179. The van der Waals surface area contributed by atoms with Gasteiger partial charge in [-0.2, -0.15) is 0 Å². The third kappa shape index (κ3) is 4.46. The lowest BCUT2D eigenvalue weighted by Gasteiger charge is -2.24. The summed E-state index contributed by atoms with van der Waals surface area (Å²) in [7, 11) is 0. The standard InChI is InChI=1S/C18H26O4/c1-13-7-3-5-9-15(13)17(19)21-11-12-22-18(20)16-10-6-4-8-14(16)2/h3-6,13-16H,7-12H2,1-2H3/t13-,14-,15+,16+/m0/s1. The van der Waals surface area contributed by atoms with Crippen molar-refractivity contribution >= 4 is 11.9 Å². The maximum Gasteiger partial charge on any atom is 0.309 e. The lowest BCUT2D eigenvalue weighted by Crippen LogP contribution is -2.28. The molecule has 0 saturated carbocycles. The van der Waals surface area contributed by atoms with E-state index in [4.69, 9.17) is 9.47 Å². The molecule has 2 aliphatic rings. The third-order valence-corrected chi connectivity index (χ3v) is 4.68. The van der Waals surface area contributed by atoms with Crippen molar-refractivity contribution in [3.63, 3.8) is 0 Å². The molecule has 0 aromatic carbocycles. The number of ether oxygens (including phenoxy) is 2. The van der Waals surface area contributed by atoms with Gasteiger partial charge in [-0.1, -0.05) is 38.2 Å². The highest BCUT2D eigenvalue weighted by Crippen LogP contribution is 2.27. The molecule has 4 nitrogen and oxygen atoms in total. The van der Waals surface area contributed by atoms with Gasteiger partial charge < -0.3 is 9.47 Å². The fraction of sp³-hybridized carbons (Fsp3) is 0.667. The summed E-state index contributed by atoms with van der Waals surface area (Å²) in [6, 6.07) is 0. The van der Waals surface area contributed by atoms with Crippen molar-refractivity contribution in [1.29, 1.82) is 0 Å². The van der Waals surface area contributed by atoms with Gasteiger partial charge >= 0.3 is 11.9 Å². The van der Waals surface area contributed by atoms with E-state index < -0.39 is 0 Å². The average molecular weight is 306 g/mol. The Hall–Kier alpha value is -1.58. The second-order valence-electron chi connectivity index (χ2n) is 6.39. The second kappa shape index (κ2) is 8.16. The Kier molecular flexibility index (Phi) is 6.22. The van der Waals surface area contributed by atoms with Gasteiger partial charge in [0, 0.05) is 0 Å². The van der Waals surface area contributed by atoms with E-state index in [0.717, 1.165) is 25.7 Å². The first-order chi connectivity index (χ1) is 10.6. The van der Waals surface area contributed by atoms with E-state index in [0.29, 0.717) is 11.8 Å². The van der Waals surface area contributed by atoms with Gasteiger partial charge in [-0.25, -0.2) is 0 Å². The number of hydrogen-bond acceptors (Lipinski definition) is 4. The molecule has 122 valence electrons. The molecule has 4 atom stereocenters. The van der Waals surface area contributed by atoms with Crippen molar-refractivity contribution in [3.8, 4) is 0 Å². The largest absolute Gasteiger partial charge is 0.462 e. The summed E-state index contributed by atoms with van der Waals surface area (Å²) in [4.78, 5) is 24.0. The fourth-order valence-electron chi connectivity index (χ4n) is 3.06. The number of hydrogen-bond donors (Lipinski definition) is 0. The van der Waals surface area contributed by atoms with Crippen molar-refractivity contribution in [3.05, 3.63) is 24.3 Å². The Labute approximate surface area is 132 Å². The van der Waals surface area contributed by atoms with Gasteiger partial charge in [-0.15, -0.1) is 0 Å². The Bertz CT molecular complexity index is 410. The molecule has 0 spiro atoms. The van der Waals surface area contributed by atoms with Crippen molar-refractivity contribution < 1.29 is 19.1 Å². The van der Waals surface area contributed by atoms with Gasteiger partial charge in [0.25, 0.3) is 0 Å². The maximum atomic E-state index is 12.0. The molecule has 0 fully saturated rings. The number of rotatable bonds is 5. The molecule has 0 aliphatic heterocycles. The van der Waals surface area contributed by atoms with Crippen LogP contribution in [0.5, 0.6) is 0 Å².